The Morgan fingerprint density at radius 3 is 1.33 bits per heavy atom. The Kier molecular flexibility index (Phi) is 4.68. The average Bonchev–Trinajstić information content (AvgIpc) is 2.46. The molecule has 124 valence electrons. The van der Waals surface area contributed by atoms with Crippen molar-refractivity contribution in [3.63, 3.8) is 0 Å². The third kappa shape index (κ3) is 3.43. The molecule has 0 N–H and O–H groups in total. The molecule has 0 heterocycles. The summed E-state index contributed by atoms with van der Waals surface area (Å²) < 4.78 is 0. The Bertz CT molecular complexity index is 803. The topological polar surface area (TPSA) is 111 Å². The van der Waals surface area contributed by atoms with Gasteiger partial charge in [0.05, 0.1) is 9.85 Å². The lowest BCUT2D eigenvalue weighted by molar-refractivity contribution is -0.384. The molecule has 0 radical (unpaired) electrons. The molecule has 0 aromatic heterocycles. The molecule has 0 amide bonds. The van der Waals surface area contributed by atoms with E-state index >= 15 is 0 Å². The van der Waals surface area contributed by atoms with Gasteiger partial charge in [0, 0.05) is 12.1 Å². The molecule has 2 aromatic rings. The van der Waals surface area contributed by atoms with Crippen molar-refractivity contribution in [1.29, 1.82) is 0 Å². The van der Waals surface area contributed by atoms with E-state index in [9.17, 15) is 20.2 Å². The Hall–Kier alpha value is -3.16. The average molecular weight is 328 g/mol. The molecule has 0 unspecified atom stereocenters. The second-order valence-corrected chi connectivity index (χ2v) is 5.61. The normalized spacial score (nSPS) is 11.0. The molecule has 0 fully saturated rings. The van der Waals surface area contributed by atoms with Gasteiger partial charge in [-0.05, 0) is 49.9 Å². The first-order chi connectivity index (χ1) is 11.2. The van der Waals surface area contributed by atoms with Crippen LogP contribution < -0.4 is 0 Å². The lowest BCUT2D eigenvalue weighted by Gasteiger charge is -2.05. The summed E-state index contributed by atoms with van der Waals surface area (Å²) in [5.74, 6) is 0. The van der Waals surface area contributed by atoms with Crippen LogP contribution in [0, 0.1) is 47.9 Å². The van der Waals surface area contributed by atoms with E-state index < -0.39 is 9.85 Å². The monoisotopic (exact) mass is 328 g/mol. The minimum atomic E-state index is -0.537. The summed E-state index contributed by atoms with van der Waals surface area (Å²) in [7, 11) is 0. The molecule has 2 aromatic carbocycles. The van der Waals surface area contributed by atoms with Crippen molar-refractivity contribution in [1.82, 2.24) is 0 Å². The van der Waals surface area contributed by atoms with Crippen LogP contribution in [0.5, 0.6) is 0 Å². The molecule has 0 atom stereocenters. The van der Waals surface area contributed by atoms with E-state index in [2.05, 4.69) is 10.2 Å². The van der Waals surface area contributed by atoms with Gasteiger partial charge in [-0.1, -0.05) is 12.1 Å². The summed E-state index contributed by atoms with van der Waals surface area (Å²) in [5, 5.41) is 30.3. The number of benzene rings is 2. The summed E-state index contributed by atoms with van der Waals surface area (Å²) >= 11 is 0. The Morgan fingerprint density at radius 1 is 0.708 bits per heavy atom. The third-order valence-corrected chi connectivity index (χ3v) is 3.49. The van der Waals surface area contributed by atoms with Gasteiger partial charge in [0.25, 0.3) is 11.4 Å². The van der Waals surface area contributed by atoms with Gasteiger partial charge in [-0.3, -0.25) is 20.2 Å². The number of nitro benzene ring substituents is 2. The third-order valence-electron chi connectivity index (χ3n) is 3.49. The van der Waals surface area contributed by atoms with Gasteiger partial charge < -0.3 is 0 Å². The smallest absolute Gasteiger partial charge is 0.258 e. The van der Waals surface area contributed by atoms with Crippen molar-refractivity contribution < 1.29 is 9.85 Å². The maximum absolute atomic E-state index is 11.2. The van der Waals surface area contributed by atoms with Crippen LogP contribution >= 0.6 is 0 Å². The lowest BCUT2D eigenvalue weighted by Crippen LogP contribution is -1.93. The number of rotatable bonds is 4. The van der Waals surface area contributed by atoms with Crippen LogP contribution in [0.15, 0.2) is 34.5 Å². The molecule has 0 aliphatic carbocycles. The van der Waals surface area contributed by atoms with E-state index in [1.54, 1.807) is 39.8 Å². The van der Waals surface area contributed by atoms with Gasteiger partial charge in [-0.15, -0.1) is 10.2 Å². The number of nitrogens with zero attached hydrogens (tertiary/aromatic N) is 4. The highest BCUT2D eigenvalue weighted by atomic mass is 16.6. The fourth-order valence-corrected chi connectivity index (χ4v) is 2.51. The molecular weight excluding hydrogens is 312 g/mol. The molecule has 0 aliphatic rings. The maximum atomic E-state index is 11.2. The number of hydrogen-bond acceptors (Lipinski definition) is 6. The zero-order valence-electron chi connectivity index (χ0n) is 13.7. The fraction of sp³-hybridized carbons (Fsp3) is 0.250. The molecule has 0 saturated carbocycles. The van der Waals surface area contributed by atoms with Crippen molar-refractivity contribution in [2.24, 2.45) is 10.2 Å². The van der Waals surface area contributed by atoms with E-state index in [1.807, 2.05) is 0 Å². The summed E-state index contributed by atoms with van der Waals surface area (Å²) in [4.78, 5) is 21.4. The van der Waals surface area contributed by atoms with Gasteiger partial charge in [0.2, 0.25) is 0 Å². The molecule has 0 spiro atoms. The number of aryl methyl sites for hydroxylation is 4. The highest BCUT2D eigenvalue weighted by Crippen LogP contribution is 2.37. The number of hydrogen-bond donors (Lipinski definition) is 0. The Morgan fingerprint density at radius 2 is 1.04 bits per heavy atom. The minimum Gasteiger partial charge on any atom is -0.258 e. The molecule has 2 rings (SSSR count). The van der Waals surface area contributed by atoms with E-state index in [4.69, 9.17) is 0 Å². The van der Waals surface area contributed by atoms with Gasteiger partial charge in [0.1, 0.15) is 0 Å². The van der Waals surface area contributed by atoms with E-state index in [0.717, 1.165) is 11.1 Å². The van der Waals surface area contributed by atoms with Crippen LogP contribution in [0.3, 0.4) is 0 Å². The van der Waals surface area contributed by atoms with Crippen LogP contribution in [0.2, 0.25) is 0 Å². The molecule has 24 heavy (non-hydrogen) atoms. The van der Waals surface area contributed by atoms with Gasteiger partial charge in [-0.25, -0.2) is 0 Å². The number of nitro groups is 2. The molecular formula is C16H16N4O4. The lowest BCUT2D eigenvalue weighted by atomic mass is 10.1. The quantitative estimate of drug-likeness (QED) is 0.438. The van der Waals surface area contributed by atoms with Gasteiger partial charge >= 0.3 is 0 Å². The first-order valence-corrected chi connectivity index (χ1v) is 7.13. The summed E-state index contributed by atoms with van der Waals surface area (Å²) in [6, 6.07) is 6.30. The standard InChI is InChI=1S/C16H16N4O4/c1-9-5-11(3)15(13(7-9)19(21)22)17-18-16-12(4)6-10(2)8-14(16)20(23)24/h5-8H,1-4H3. The predicted octanol–water partition coefficient (Wildman–Crippen LogP) is 5.15. The minimum absolute atomic E-state index is 0.0971. The first kappa shape index (κ1) is 17.2. The van der Waals surface area contributed by atoms with E-state index in [1.165, 1.54) is 12.1 Å². The molecule has 8 heteroatoms. The molecule has 0 bridgehead atoms. The van der Waals surface area contributed by atoms with Crippen molar-refractivity contribution in [3.05, 3.63) is 66.7 Å². The second-order valence-electron chi connectivity index (χ2n) is 5.61. The largest absolute Gasteiger partial charge is 0.297 e. The van der Waals surface area contributed by atoms with Crippen molar-refractivity contribution in [2.75, 3.05) is 0 Å². The van der Waals surface area contributed by atoms with Crippen LogP contribution in [0.4, 0.5) is 22.7 Å². The summed E-state index contributed by atoms with van der Waals surface area (Å²) in [6.45, 7) is 6.86. The van der Waals surface area contributed by atoms with Crippen LogP contribution in [0.1, 0.15) is 22.3 Å². The SMILES string of the molecule is Cc1cc(C)c(N=Nc2c(C)cc(C)cc2[N+](=O)[O-])c([N+](=O)[O-])c1. The van der Waals surface area contributed by atoms with Crippen molar-refractivity contribution in [3.8, 4) is 0 Å². The van der Waals surface area contributed by atoms with Crippen LogP contribution in [0.25, 0.3) is 0 Å². The fourth-order valence-electron chi connectivity index (χ4n) is 2.51. The Labute approximate surface area is 138 Å². The molecule has 0 saturated heterocycles. The van der Waals surface area contributed by atoms with E-state index in [0.29, 0.717) is 11.1 Å². The van der Waals surface area contributed by atoms with Gasteiger partial charge in [-0.2, -0.15) is 0 Å². The van der Waals surface area contributed by atoms with E-state index in [-0.39, 0.29) is 22.7 Å². The summed E-state index contributed by atoms with van der Waals surface area (Å²) in [6.07, 6.45) is 0. The highest BCUT2D eigenvalue weighted by molar-refractivity contribution is 5.66. The molecule has 8 nitrogen and oxygen atoms in total. The number of azo groups is 1. The molecule has 0 aliphatic heterocycles. The first-order valence-electron chi connectivity index (χ1n) is 7.13. The zero-order chi connectivity index (χ0) is 18.0. The second kappa shape index (κ2) is 6.53. The van der Waals surface area contributed by atoms with Crippen LogP contribution in [-0.4, -0.2) is 9.85 Å². The van der Waals surface area contributed by atoms with Crippen molar-refractivity contribution >= 4 is 22.7 Å². The summed E-state index contributed by atoms with van der Waals surface area (Å²) in [5.41, 5.74) is 2.47. The van der Waals surface area contributed by atoms with Crippen LogP contribution in [-0.2, 0) is 0 Å². The maximum Gasteiger partial charge on any atom is 0.297 e. The zero-order valence-corrected chi connectivity index (χ0v) is 13.7. The Balaban J connectivity index is 2.62. The van der Waals surface area contributed by atoms with Gasteiger partial charge in [0.15, 0.2) is 11.4 Å². The predicted molar refractivity (Wildman–Crippen MR) is 89.3 cm³/mol. The highest BCUT2D eigenvalue weighted by Gasteiger charge is 2.20. The van der Waals surface area contributed by atoms with Crippen molar-refractivity contribution in [2.45, 2.75) is 27.7 Å².